The predicted molar refractivity (Wildman–Crippen MR) is 98.9 cm³/mol. The summed E-state index contributed by atoms with van der Waals surface area (Å²) in [6.07, 6.45) is 0.215. The Kier molecular flexibility index (Phi) is 5.43. The summed E-state index contributed by atoms with van der Waals surface area (Å²) >= 11 is 12.0. The van der Waals surface area contributed by atoms with Crippen LogP contribution in [-0.2, 0) is 17.8 Å². The van der Waals surface area contributed by atoms with Gasteiger partial charge < -0.3 is 14.8 Å². The molecule has 0 atom stereocenters. The van der Waals surface area contributed by atoms with Crippen molar-refractivity contribution >= 4 is 34.8 Å². The van der Waals surface area contributed by atoms with Crippen molar-refractivity contribution < 1.29 is 14.3 Å². The van der Waals surface area contributed by atoms with Gasteiger partial charge in [0.1, 0.15) is 18.1 Å². The summed E-state index contributed by atoms with van der Waals surface area (Å²) in [5.41, 5.74) is 2.11. The average molecular weight is 376 g/mol. The molecular weight excluding hydrogens is 361 g/mol. The minimum absolute atomic E-state index is 0.168. The molecule has 2 aromatic carbocycles. The van der Waals surface area contributed by atoms with Gasteiger partial charge in [0.15, 0.2) is 0 Å². The van der Waals surface area contributed by atoms with E-state index in [0.717, 1.165) is 11.1 Å². The summed E-state index contributed by atoms with van der Waals surface area (Å²) in [4.78, 5) is 12.3. The first-order valence-corrected chi connectivity index (χ1v) is 8.34. The Morgan fingerprint density at radius 3 is 2.48 bits per heavy atom. The van der Waals surface area contributed by atoms with Crippen molar-refractivity contribution in [3.8, 4) is 11.3 Å². The van der Waals surface area contributed by atoms with Crippen LogP contribution in [0.25, 0.3) is 11.3 Å². The van der Waals surface area contributed by atoms with E-state index in [1.54, 1.807) is 54.6 Å². The monoisotopic (exact) mass is 375 g/mol. The predicted octanol–water partition coefficient (Wildman–Crippen LogP) is 4.93. The van der Waals surface area contributed by atoms with Crippen molar-refractivity contribution in [2.45, 2.75) is 13.0 Å². The maximum Gasteiger partial charge on any atom is 0.228 e. The number of carbonyl (C=O) groups excluding carboxylic acids is 1. The molecular formula is C19H15Cl2NO3. The fraction of sp³-hybridized carbons (Fsp3) is 0.105. The van der Waals surface area contributed by atoms with Crippen LogP contribution in [0.15, 0.2) is 59.0 Å². The summed E-state index contributed by atoms with van der Waals surface area (Å²) in [7, 11) is 0. The molecule has 4 nitrogen and oxygen atoms in total. The van der Waals surface area contributed by atoms with Crippen LogP contribution < -0.4 is 5.32 Å². The van der Waals surface area contributed by atoms with E-state index in [-0.39, 0.29) is 18.9 Å². The van der Waals surface area contributed by atoms with E-state index in [0.29, 0.717) is 27.3 Å². The largest absolute Gasteiger partial charge is 0.459 e. The molecule has 25 heavy (non-hydrogen) atoms. The third-order valence-corrected chi connectivity index (χ3v) is 4.20. The molecule has 0 bridgehead atoms. The molecule has 1 heterocycles. The maximum atomic E-state index is 12.3. The van der Waals surface area contributed by atoms with Gasteiger partial charge in [-0.1, -0.05) is 35.3 Å². The van der Waals surface area contributed by atoms with Gasteiger partial charge in [-0.2, -0.15) is 0 Å². The van der Waals surface area contributed by atoms with E-state index >= 15 is 0 Å². The zero-order chi connectivity index (χ0) is 17.8. The first-order valence-electron chi connectivity index (χ1n) is 7.59. The Balaban J connectivity index is 1.76. The lowest BCUT2D eigenvalue weighted by atomic mass is 10.1. The van der Waals surface area contributed by atoms with Gasteiger partial charge in [0.25, 0.3) is 0 Å². The molecule has 128 valence electrons. The number of anilines is 1. The molecule has 0 spiro atoms. The van der Waals surface area contributed by atoms with Gasteiger partial charge in [0.05, 0.1) is 17.1 Å². The van der Waals surface area contributed by atoms with Crippen molar-refractivity contribution in [2.24, 2.45) is 0 Å². The number of hydrogen-bond acceptors (Lipinski definition) is 3. The zero-order valence-electron chi connectivity index (χ0n) is 13.1. The molecule has 3 aromatic rings. The first kappa shape index (κ1) is 17.5. The van der Waals surface area contributed by atoms with Crippen LogP contribution in [0.5, 0.6) is 0 Å². The fourth-order valence-electron chi connectivity index (χ4n) is 2.37. The van der Waals surface area contributed by atoms with Crippen LogP contribution >= 0.6 is 23.2 Å². The van der Waals surface area contributed by atoms with Crippen molar-refractivity contribution in [1.82, 2.24) is 0 Å². The lowest BCUT2D eigenvalue weighted by Gasteiger charge is -2.09. The summed E-state index contributed by atoms with van der Waals surface area (Å²) in [5.74, 6) is 0.879. The summed E-state index contributed by atoms with van der Waals surface area (Å²) in [6, 6.07) is 15.8. The lowest BCUT2D eigenvalue weighted by Crippen LogP contribution is -2.14. The van der Waals surface area contributed by atoms with Crippen LogP contribution in [0.2, 0.25) is 10.0 Å². The van der Waals surface area contributed by atoms with Gasteiger partial charge in [-0.05, 0) is 48.0 Å². The maximum absolute atomic E-state index is 12.3. The summed E-state index contributed by atoms with van der Waals surface area (Å²) in [6.45, 7) is -0.168. The third kappa shape index (κ3) is 4.42. The highest BCUT2D eigenvalue weighted by Crippen LogP contribution is 2.30. The van der Waals surface area contributed by atoms with Crippen LogP contribution in [0.4, 0.5) is 5.69 Å². The van der Waals surface area contributed by atoms with Crippen molar-refractivity contribution in [1.29, 1.82) is 0 Å². The SMILES string of the molecule is O=C(Cc1ccc(Cl)cc1)Nc1cc(-c2ccc(CO)o2)ccc1Cl. The van der Waals surface area contributed by atoms with Crippen molar-refractivity contribution in [2.75, 3.05) is 5.32 Å². The van der Waals surface area contributed by atoms with E-state index in [1.807, 2.05) is 0 Å². The minimum atomic E-state index is -0.183. The second-order valence-electron chi connectivity index (χ2n) is 5.47. The van der Waals surface area contributed by atoms with Gasteiger partial charge in [-0.25, -0.2) is 0 Å². The molecule has 0 radical (unpaired) electrons. The van der Waals surface area contributed by atoms with Gasteiger partial charge >= 0.3 is 0 Å². The van der Waals surface area contributed by atoms with E-state index in [9.17, 15) is 4.79 Å². The van der Waals surface area contributed by atoms with E-state index in [2.05, 4.69) is 5.32 Å². The van der Waals surface area contributed by atoms with Crippen molar-refractivity contribution in [3.63, 3.8) is 0 Å². The second-order valence-corrected chi connectivity index (χ2v) is 6.31. The van der Waals surface area contributed by atoms with Crippen molar-refractivity contribution in [3.05, 3.63) is 76.0 Å². The summed E-state index contributed by atoms with van der Waals surface area (Å²) < 4.78 is 5.51. The molecule has 0 saturated carbocycles. The number of furan rings is 1. The molecule has 1 amide bonds. The van der Waals surface area contributed by atoms with Gasteiger partial charge in [-0.3, -0.25) is 4.79 Å². The normalized spacial score (nSPS) is 10.7. The summed E-state index contributed by atoms with van der Waals surface area (Å²) in [5, 5.41) is 13.0. The molecule has 3 rings (SSSR count). The molecule has 0 aliphatic rings. The third-order valence-electron chi connectivity index (χ3n) is 3.62. The molecule has 0 saturated heterocycles. The first-order chi connectivity index (χ1) is 12.0. The number of amides is 1. The number of nitrogens with one attached hydrogen (secondary N) is 1. The zero-order valence-corrected chi connectivity index (χ0v) is 14.6. The highest BCUT2D eigenvalue weighted by molar-refractivity contribution is 6.33. The van der Waals surface area contributed by atoms with Crippen LogP contribution in [0.3, 0.4) is 0 Å². The lowest BCUT2D eigenvalue weighted by molar-refractivity contribution is -0.115. The van der Waals surface area contributed by atoms with Gasteiger partial charge in [0.2, 0.25) is 5.91 Å². The van der Waals surface area contributed by atoms with Crippen LogP contribution in [0, 0.1) is 0 Å². The molecule has 0 fully saturated rings. The smallest absolute Gasteiger partial charge is 0.228 e. The van der Waals surface area contributed by atoms with E-state index in [1.165, 1.54) is 0 Å². The second kappa shape index (κ2) is 7.74. The Morgan fingerprint density at radius 1 is 1.04 bits per heavy atom. The van der Waals surface area contributed by atoms with E-state index < -0.39 is 0 Å². The Labute approximate surface area is 155 Å². The quantitative estimate of drug-likeness (QED) is 0.664. The number of hydrogen-bond donors (Lipinski definition) is 2. The fourth-order valence-corrected chi connectivity index (χ4v) is 2.67. The number of rotatable bonds is 5. The molecule has 0 unspecified atom stereocenters. The van der Waals surface area contributed by atoms with E-state index in [4.69, 9.17) is 32.7 Å². The van der Waals surface area contributed by atoms with Gasteiger partial charge in [0, 0.05) is 10.6 Å². The molecule has 1 aromatic heterocycles. The Morgan fingerprint density at radius 2 is 1.80 bits per heavy atom. The Bertz CT molecular complexity index is 888. The minimum Gasteiger partial charge on any atom is -0.459 e. The topological polar surface area (TPSA) is 62.5 Å². The molecule has 0 aliphatic carbocycles. The Hall–Kier alpha value is -2.27. The highest BCUT2D eigenvalue weighted by Gasteiger charge is 2.11. The number of aliphatic hydroxyl groups is 1. The van der Waals surface area contributed by atoms with Gasteiger partial charge in [-0.15, -0.1) is 0 Å². The van der Waals surface area contributed by atoms with Crippen LogP contribution in [0.1, 0.15) is 11.3 Å². The molecule has 2 N–H and O–H groups in total. The standard InChI is InChI=1S/C19H15Cl2NO3/c20-14-4-1-12(2-5-14)9-19(24)22-17-10-13(3-7-16(17)21)18-8-6-15(11-23)25-18/h1-8,10,23H,9,11H2,(H,22,24). The number of halogens is 2. The number of benzene rings is 2. The molecule has 0 aliphatic heterocycles. The molecule has 6 heteroatoms. The number of aliphatic hydroxyl groups excluding tert-OH is 1. The highest BCUT2D eigenvalue weighted by atomic mass is 35.5. The number of carbonyl (C=O) groups is 1. The van der Waals surface area contributed by atoms with Crippen LogP contribution in [-0.4, -0.2) is 11.0 Å². The average Bonchev–Trinajstić information content (AvgIpc) is 3.08.